The number of amides is 1. The van der Waals surface area contributed by atoms with E-state index in [4.69, 9.17) is 5.73 Å². The molecular formula is C10H18N2OS. The fraction of sp³-hybridized carbons (Fsp3) is 0.900. The average molecular weight is 214 g/mol. The van der Waals surface area contributed by atoms with Crippen molar-refractivity contribution in [3.63, 3.8) is 0 Å². The van der Waals surface area contributed by atoms with E-state index in [9.17, 15) is 4.79 Å². The lowest BCUT2D eigenvalue weighted by Crippen LogP contribution is -2.39. The van der Waals surface area contributed by atoms with Crippen LogP contribution in [0.2, 0.25) is 0 Å². The molecule has 80 valence electrons. The van der Waals surface area contributed by atoms with Crippen LogP contribution < -0.4 is 5.73 Å². The van der Waals surface area contributed by atoms with Crippen molar-refractivity contribution in [2.24, 2.45) is 5.73 Å². The van der Waals surface area contributed by atoms with Gasteiger partial charge in [0.15, 0.2) is 0 Å². The third kappa shape index (κ3) is 2.06. The Hall–Kier alpha value is -0.220. The van der Waals surface area contributed by atoms with E-state index < -0.39 is 0 Å². The molecule has 0 aromatic carbocycles. The second-order valence-electron chi connectivity index (χ2n) is 4.64. The summed E-state index contributed by atoms with van der Waals surface area (Å²) >= 11 is 2.00. The molecular weight excluding hydrogens is 196 g/mol. The van der Waals surface area contributed by atoms with Crippen LogP contribution in [0.3, 0.4) is 0 Å². The van der Waals surface area contributed by atoms with Crippen LogP contribution in [-0.2, 0) is 4.79 Å². The maximum absolute atomic E-state index is 11.6. The Morgan fingerprint density at radius 3 is 3.00 bits per heavy atom. The van der Waals surface area contributed by atoms with E-state index in [0.717, 1.165) is 13.1 Å². The fourth-order valence-electron chi connectivity index (χ4n) is 2.32. The molecule has 3 nitrogen and oxygen atoms in total. The number of rotatable bonds is 2. The maximum atomic E-state index is 11.6. The van der Waals surface area contributed by atoms with Crippen molar-refractivity contribution in [3.05, 3.63) is 0 Å². The van der Waals surface area contributed by atoms with Gasteiger partial charge in [-0.3, -0.25) is 4.79 Å². The molecule has 0 saturated carbocycles. The van der Waals surface area contributed by atoms with Crippen LogP contribution in [0.5, 0.6) is 0 Å². The number of carbonyl (C=O) groups excluding carboxylic acids is 1. The number of nitrogens with zero attached hydrogens (tertiary/aromatic N) is 1. The number of likely N-dealkylation sites (tertiary alicyclic amines) is 1. The van der Waals surface area contributed by atoms with E-state index in [1.54, 1.807) is 0 Å². The summed E-state index contributed by atoms with van der Waals surface area (Å²) in [5.74, 6) is 1.48. The molecule has 0 aliphatic carbocycles. The van der Waals surface area contributed by atoms with Gasteiger partial charge in [0.1, 0.15) is 0 Å². The van der Waals surface area contributed by atoms with E-state index in [1.807, 2.05) is 16.7 Å². The van der Waals surface area contributed by atoms with E-state index in [1.165, 1.54) is 18.6 Å². The lowest BCUT2D eigenvalue weighted by atomic mass is 10.1. The summed E-state index contributed by atoms with van der Waals surface area (Å²) in [5, 5.41) is 0. The third-order valence-corrected chi connectivity index (χ3v) is 4.59. The quantitative estimate of drug-likeness (QED) is 0.740. The molecule has 0 aromatic rings. The molecule has 2 N–H and O–H groups in total. The third-order valence-electron chi connectivity index (χ3n) is 3.07. The smallest absolute Gasteiger partial charge is 0.224 e. The zero-order chi connectivity index (χ0) is 10.2. The topological polar surface area (TPSA) is 46.3 Å². The van der Waals surface area contributed by atoms with Gasteiger partial charge >= 0.3 is 0 Å². The van der Waals surface area contributed by atoms with Crippen LogP contribution in [0, 0.1) is 0 Å². The SMILES string of the molecule is CC1(CN2CC(N)CC2=O)CCCS1. The summed E-state index contributed by atoms with van der Waals surface area (Å²) in [7, 11) is 0. The van der Waals surface area contributed by atoms with Crippen molar-refractivity contribution in [2.45, 2.75) is 37.0 Å². The van der Waals surface area contributed by atoms with Gasteiger partial charge in [-0.25, -0.2) is 0 Å². The zero-order valence-electron chi connectivity index (χ0n) is 8.66. The van der Waals surface area contributed by atoms with E-state index >= 15 is 0 Å². The molecule has 0 spiro atoms. The Morgan fingerprint density at radius 2 is 2.50 bits per heavy atom. The molecule has 2 fully saturated rings. The fourth-order valence-corrected chi connectivity index (χ4v) is 3.64. The van der Waals surface area contributed by atoms with Crippen molar-refractivity contribution >= 4 is 17.7 Å². The van der Waals surface area contributed by atoms with E-state index in [2.05, 4.69) is 6.92 Å². The number of nitrogens with two attached hydrogens (primary N) is 1. The highest BCUT2D eigenvalue weighted by Crippen LogP contribution is 2.38. The second kappa shape index (κ2) is 3.74. The molecule has 2 aliphatic rings. The highest BCUT2D eigenvalue weighted by atomic mass is 32.2. The highest BCUT2D eigenvalue weighted by Gasteiger charge is 2.36. The van der Waals surface area contributed by atoms with Gasteiger partial charge in [-0.1, -0.05) is 0 Å². The van der Waals surface area contributed by atoms with Crippen molar-refractivity contribution in [1.29, 1.82) is 0 Å². The van der Waals surface area contributed by atoms with Crippen molar-refractivity contribution in [3.8, 4) is 0 Å². The lowest BCUT2D eigenvalue weighted by molar-refractivity contribution is -0.128. The largest absolute Gasteiger partial charge is 0.340 e. The van der Waals surface area contributed by atoms with Crippen LogP contribution in [0.15, 0.2) is 0 Å². The first kappa shape index (κ1) is 10.3. The molecule has 2 atom stereocenters. The van der Waals surface area contributed by atoms with Gasteiger partial charge in [0.2, 0.25) is 5.91 Å². The summed E-state index contributed by atoms with van der Waals surface area (Å²) in [6, 6.07) is 0.0671. The van der Waals surface area contributed by atoms with Gasteiger partial charge in [-0.2, -0.15) is 11.8 Å². The first-order chi connectivity index (χ1) is 6.59. The minimum absolute atomic E-state index is 0.0671. The Balaban J connectivity index is 1.93. The maximum Gasteiger partial charge on any atom is 0.224 e. The Bertz CT molecular complexity index is 238. The number of hydrogen-bond acceptors (Lipinski definition) is 3. The molecule has 2 aliphatic heterocycles. The van der Waals surface area contributed by atoms with Gasteiger partial charge < -0.3 is 10.6 Å². The predicted octanol–water partition coefficient (Wildman–Crippen LogP) is 0.832. The minimum Gasteiger partial charge on any atom is -0.340 e. The summed E-state index contributed by atoms with van der Waals surface area (Å²) in [6.45, 7) is 3.92. The monoisotopic (exact) mass is 214 g/mol. The molecule has 2 saturated heterocycles. The Kier molecular flexibility index (Phi) is 2.75. The zero-order valence-corrected chi connectivity index (χ0v) is 9.48. The minimum atomic E-state index is 0.0671. The second-order valence-corrected chi connectivity index (χ2v) is 6.32. The molecule has 2 heterocycles. The molecule has 2 unspecified atom stereocenters. The average Bonchev–Trinajstić information content (AvgIpc) is 2.61. The van der Waals surface area contributed by atoms with Crippen LogP contribution in [0.25, 0.3) is 0 Å². The first-order valence-electron chi connectivity index (χ1n) is 5.26. The van der Waals surface area contributed by atoms with Crippen molar-refractivity contribution in [2.75, 3.05) is 18.8 Å². The normalized spacial score (nSPS) is 38.3. The van der Waals surface area contributed by atoms with Crippen LogP contribution >= 0.6 is 11.8 Å². The van der Waals surface area contributed by atoms with Crippen LogP contribution in [0.1, 0.15) is 26.2 Å². The molecule has 2 rings (SSSR count). The standard InChI is InChI=1S/C10H18N2OS/c1-10(3-2-4-14-10)7-12-6-8(11)5-9(12)13/h8H,2-7,11H2,1H3. The Labute approximate surface area is 89.4 Å². The van der Waals surface area contributed by atoms with Crippen LogP contribution in [0.4, 0.5) is 0 Å². The Morgan fingerprint density at radius 1 is 1.71 bits per heavy atom. The lowest BCUT2D eigenvalue weighted by Gasteiger charge is -2.28. The molecule has 0 aromatic heterocycles. The van der Waals surface area contributed by atoms with E-state index in [0.29, 0.717) is 11.2 Å². The summed E-state index contributed by atoms with van der Waals surface area (Å²) in [4.78, 5) is 13.5. The molecule has 1 amide bonds. The summed E-state index contributed by atoms with van der Waals surface area (Å²) < 4.78 is 0.291. The molecule has 4 heteroatoms. The van der Waals surface area contributed by atoms with Gasteiger partial charge in [0.25, 0.3) is 0 Å². The van der Waals surface area contributed by atoms with Gasteiger partial charge in [-0.05, 0) is 25.5 Å². The number of thioether (sulfide) groups is 1. The molecule has 14 heavy (non-hydrogen) atoms. The van der Waals surface area contributed by atoms with Crippen molar-refractivity contribution < 1.29 is 4.79 Å². The number of hydrogen-bond donors (Lipinski definition) is 1. The van der Waals surface area contributed by atoms with Crippen LogP contribution in [-0.4, -0.2) is 40.4 Å². The van der Waals surface area contributed by atoms with Gasteiger partial charge in [0, 0.05) is 30.3 Å². The summed E-state index contributed by atoms with van der Waals surface area (Å²) in [6.07, 6.45) is 3.06. The van der Waals surface area contributed by atoms with E-state index in [-0.39, 0.29) is 11.9 Å². The number of carbonyl (C=O) groups is 1. The summed E-state index contributed by atoms with van der Waals surface area (Å²) in [5.41, 5.74) is 5.76. The molecule has 0 radical (unpaired) electrons. The van der Waals surface area contributed by atoms with Gasteiger partial charge in [-0.15, -0.1) is 0 Å². The first-order valence-corrected chi connectivity index (χ1v) is 6.25. The van der Waals surface area contributed by atoms with Gasteiger partial charge in [0.05, 0.1) is 0 Å². The highest BCUT2D eigenvalue weighted by molar-refractivity contribution is 8.00. The predicted molar refractivity (Wildman–Crippen MR) is 59.3 cm³/mol. The molecule has 0 bridgehead atoms. The van der Waals surface area contributed by atoms with Crippen molar-refractivity contribution in [1.82, 2.24) is 4.90 Å².